The van der Waals surface area contributed by atoms with Gasteiger partial charge in [0.1, 0.15) is 12.4 Å². The lowest BCUT2D eigenvalue weighted by atomic mass is 10.1. The predicted molar refractivity (Wildman–Crippen MR) is 116 cm³/mol. The number of sulfone groups is 1. The fourth-order valence-corrected chi connectivity index (χ4v) is 4.06. The third-order valence-corrected chi connectivity index (χ3v) is 6.29. The van der Waals surface area contributed by atoms with Crippen LogP contribution in [0.3, 0.4) is 0 Å². The van der Waals surface area contributed by atoms with Gasteiger partial charge in [-0.2, -0.15) is 0 Å². The molecule has 1 unspecified atom stereocenters. The van der Waals surface area contributed by atoms with E-state index in [2.05, 4.69) is 15.0 Å². The topological polar surface area (TPSA) is 124 Å². The predicted octanol–water partition coefficient (Wildman–Crippen LogP) is 0.729. The zero-order valence-corrected chi connectivity index (χ0v) is 18.3. The molecule has 0 saturated carbocycles. The van der Waals surface area contributed by atoms with Gasteiger partial charge in [-0.15, -0.1) is 0 Å². The highest BCUT2D eigenvalue weighted by atomic mass is 32.2. The van der Waals surface area contributed by atoms with Gasteiger partial charge in [-0.1, -0.05) is 12.1 Å². The van der Waals surface area contributed by atoms with E-state index in [9.17, 15) is 18.0 Å². The van der Waals surface area contributed by atoms with Crippen LogP contribution < -0.4 is 10.5 Å². The number of rotatable bonds is 5. The number of Topliss-reactive ketones (excluding diaryl/α,β-unsaturated/α-hetero) is 1. The Hall–Kier alpha value is -3.44. The summed E-state index contributed by atoms with van der Waals surface area (Å²) in [5.41, 5.74) is 1.03. The lowest BCUT2D eigenvalue weighted by Crippen LogP contribution is -2.48. The second-order valence-corrected chi connectivity index (χ2v) is 9.42. The molecule has 3 aromatic rings. The van der Waals surface area contributed by atoms with Crippen LogP contribution in [-0.4, -0.2) is 65.8 Å². The van der Waals surface area contributed by atoms with Crippen molar-refractivity contribution in [2.45, 2.75) is 11.0 Å². The first-order chi connectivity index (χ1) is 15.2. The summed E-state index contributed by atoms with van der Waals surface area (Å²) in [5, 5.41) is 0. The Kier molecular flexibility index (Phi) is 5.85. The van der Waals surface area contributed by atoms with Crippen molar-refractivity contribution in [2.24, 2.45) is 7.05 Å². The Morgan fingerprint density at radius 3 is 2.56 bits per heavy atom. The molecule has 0 radical (unpaired) electrons. The highest BCUT2D eigenvalue weighted by Gasteiger charge is 2.30. The van der Waals surface area contributed by atoms with Crippen molar-refractivity contribution < 1.29 is 17.9 Å². The van der Waals surface area contributed by atoms with Crippen molar-refractivity contribution in [1.82, 2.24) is 19.5 Å². The number of aromatic nitrogens is 4. The van der Waals surface area contributed by atoms with Crippen molar-refractivity contribution in [3.63, 3.8) is 0 Å². The summed E-state index contributed by atoms with van der Waals surface area (Å²) in [6.07, 6.45) is 3.28. The van der Waals surface area contributed by atoms with E-state index in [1.807, 2.05) is 4.90 Å². The van der Waals surface area contributed by atoms with Crippen LogP contribution in [0.1, 0.15) is 10.4 Å². The number of hydrogen-bond donors (Lipinski definition) is 0. The molecule has 10 nitrogen and oxygen atoms in total. The van der Waals surface area contributed by atoms with Gasteiger partial charge in [0, 0.05) is 37.7 Å². The maximum absolute atomic E-state index is 13.0. The van der Waals surface area contributed by atoms with Gasteiger partial charge in [-0.05, 0) is 18.2 Å². The molecule has 32 heavy (non-hydrogen) atoms. The molecule has 1 aromatic carbocycles. The zero-order valence-electron chi connectivity index (χ0n) is 17.5. The summed E-state index contributed by atoms with van der Waals surface area (Å²) >= 11 is 0. The molecule has 0 N–H and O–H groups in total. The van der Waals surface area contributed by atoms with E-state index in [4.69, 9.17) is 4.74 Å². The first-order valence-corrected chi connectivity index (χ1v) is 11.7. The minimum absolute atomic E-state index is 0.140. The largest absolute Gasteiger partial charge is 0.366 e. The Labute approximate surface area is 184 Å². The van der Waals surface area contributed by atoms with E-state index in [1.165, 1.54) is 41.2 Å². The van der Waals surface area contributed by atoms with E-state index >= 15 is 0 Å². The molecule has 0 amide bonds. The molecule has 1 aliphatic rings. The van der Waals surface area contributed by atoms with E-state index in [0.29, 0.717) is 29.4 Å². The third kappa shape index (κ3) is 4.43. The van der Waals surface area contributed by atoms with Crippen LogP contribution in [0.4, 0.5) is 5.95 Å². The highest BCUT2D eigenvalue weighted by molar-refractivity contribution is 7.90. The number of carbonyl (C=O) groups excluding carboxylic acids is 1. The van der Waals surface area contributed by atoms with E-state index in [-0.39, 0.29) is 29.4 Å². The van der Waals surface area contributed by atoms with Gasteiger partial charge in [0.15, 0.2) is 15.6 Å². The van der Waals surface area contributed by atoms with Gasteiger partial charge < -0.3 is 9.64 Å². The average molecular weight is 455 g/mol. The lowest BCUT2D eigenvalue weighted by molar-refractivity contribution is 0.0336. The first-order valence-electron chi connectivity index (χ1n) is 9.79. The summed E-state index contributed by atoms with van der Waals surface area (Å²) in [5.74, 6) is 0.131. The van der Waals surface area contributed by atoms with Gasteiger partial charge in [-0.25, -0.2) is 23.4 Å². The fourth-order valence-electron chi connectivity index (χ4n) is 3.43. The van der Waals surface area contributed by atoms with E-state index in [1.54, 1.807) is 19.3 Å². The smallest absolute Gasteiger partial charge is 0.255 e. The molecule has 11 heteroatoms. The fraction of sp³-hybridized carbons (Fsp3) is 0.286. The number of benzene rings is 1. The van der Waals surface area contributed by atoms with Gasteiger partial charge in [-0.3, -0.25) is 14.2 Å². The molecule has 166 valence electrons. The molecule has 0 aliphatic carbocycles. The molecule has 1 fully saturated rings. The normalized spacial score (nSPS) is 16.7. The van der Waals surface area contributed by atoms with Crippen LogP contribution in [0.25, 0.3) is 11.4 Å². The SMILES string of the molecule is Cn1c(N2CCOC(C(=O)c3ccc(S(C)(=O)=O)cc3)C2)nc(-c2ccncn2)cc1=O. The number of hydrogen-bond acceptors (Lipinski definition) is 9. The summed E-state index contributed by atoms with van der Waals surface area (Å²) in [6.45, 7) is 0.913. The van der Waals surface area contributed by atoms with Gasteiger partial charge >= 0.3 is 0 Å². The molecular formula is C21H21N5O5S. The van der Waals surface area contributed by atoms with Crippen molar-refractivity contribution in [1.29, 1.82) is 0 Å². The molecule has 0 spiro atoms. The highest BCUT2D eigenvalue weighted by Crippen LogP contribution is 2.20. The summed E-state index contributed by atoms with van der Waals surface area (Å²) < 4.78 is 30.4. The number of nitrogens with zero attached hydrogens (tertiary/aromatic N) is 5. The van der Waals surface area contributed by atoms with E-state index < -0.39 is 15.9 Å². The van der Waals surface area contributed by atoms with Gasteiger partial charge in [0.25, 0.3) is 5.56 Å². The van der Waals surface area contributed by atoms with Crippen molar-refractivity contribution in [2.75, 3.05) is 30.9 Å². The Morgan fingerprint density at radius 1 is 1.16 bits per heavy atom. The van der Waals surface area contributed by atoms with Crippen molar-refractivity contribution >= 4 is 21.6 Å². The molecule has 0 bridgehead atoms. The lowest BCUT2D eigenvalue weighted by Gasteiger charge is -2.33. The zero-order chi connectivity index (χ0) is 22.9. The quantitative estimate of drug-likeness (QED) is 0.512. The van der Waals surface area contributed by atoms with Crippen LogP contribution in [0, 0.1) is 0 Å². The molecule has 4 rings (SSSR count). The van der Waals surface area contributed by atoms with Crippen LogP contribution in [0.15, 0.2) is 58.6 Å². The Bertz CT molecular complexity index is 1310. The molecule has 1 saturated heterocycles. The van der Waals surface area contributed by atoms with Crippen LogP contribution in [-0.2, 0) is 21.6 Å². The van der Waals surface area contributed by atoms with Crippen LogP contribution in [0.2, 0.25) is 0 Å². The molecule has 2 aromatic heterocycles. The molecular weight excluding hydrogens is 434 g/mol. The standard InChI is InChI=1S/C21H21N5O5S/c1-25-19(27)11-17(16-7-8-22-13-23-16)24-21(25)26-9-10-31-18(12-26)20(28)14-3-5-15(6-4-14)32(2,29)30/h3-8,11,13,18H,9-10,12H2,1-2H3. The number of ketones is 1. The van der Waals surface area contributed by atoms with Crippen molar-refractivity contribution in [3.05, 3.63) is 64.8 Å². The molecule has 3 heterocycles. The van der Waals surface area contributed by atoms with Crippen LogP contribution >= 0.6 is 0 Å². The monoisotopic (exact) mass is 455 g/mol. The minimum atomic E-state index is -3.35. The number of carbonyl (C=O) groups is 1. The molecule has 1 aliphatic heterocycles. The number of anilines is 1. The maximum Gasteiger partial charge on any atom is 0.255 e. The molecule has 1 atom stereocenters. The Balaban J connectivity index is 1.60. The third-order valence-electron chi connectivity index (χ3n) is 5.16. The van der Waals surface area contributed by atoms with E-state index in [0.717, 1.165) is 6.26 Å². The average Bonchev–Trinajstić information content (AvgIpc) is 2.80. The minimum Gasteiger partial charge on any atom is -0.366 e. The second kappa shape index (κ2) is 8.60. The summed E-state index contributed by atoms with van der Waals surface area (Å²) in [7, 11) is -1.74. The second-order valence-electron chi connectivity index (χ2n) is 7.40. The van der Waals surface area contributed by atoms with Gasteiger partial charge in [0.2, 0.25) is 5.95 Å². The van der Waals surface area contributed by atoms with Crippen LogP contribution in [0.5, 0.6) is 0 Å². The maximum atomic E-state index is 13.0. The van der Waals surface area contributed by atoms with Gasteiger partial charge in [0.05, 0.1) is 29.4 Å². The summed E-state index contributed by atoms with van der Waals surface area (Å²) in [4.78, 5) is 40.1. The first kappa shape index (κ1) is 21.8. The van der Waals surface area contributed by atoms with Crippen molar-refractivity contribution in [3.8, 4) is 11.4 Å². The summed E-state index contributed by atoms with van der Waals surface area (Å²) in [6, 6.07) is 8.82. The Morgan fingerprint density at radius 2 is 1.91 bits per heavy atom. The number of morpholine rings is 1. The number of ether oxygens (including phenoxy) is 1.